The van der Waals surface area contributed by atoms with Gasteiger partial charge in [0.15, 0.2) is 5.78 Å². The summed E-state index contributed by atoms with van der Waals surface area (Å²) < 4.78 is 4.91. The molecule has 0 saturated heterocycles. The number of carbonyl (C=O) groups excluding carboxylic acids is 1. The Kier molecular flexibility index (Phi) is 6.10. The number of hydrogen-bond acceptors (Lipinski definition) is 3. The zero-order valence-corrected chi connectivity index (χ0v) is 14.6. The predicted octanol–water partition coefficient (Wildman–Crippen LogP) is 5.38. The van der Waals surface area contributed by atoms with Crippen LogP contribution >= 0.6 is 0 Å². The molecule has 0 N–H and O–H groups in total. The van der Waals surface area contributed by atoms with Crippen LogP contribution in [0.1, 0.15) is 15.9 Å². The van der Waals surface area contributed by atoms with Crippen LogP contribution in [0.15, 0.2) is 112 Å². The van der Waals surface area contributed by atoms with E-state index in [-0.39, 0.29) is 11.4 Å². The van der Waals surface area contributed by atoms with Gasteiger partial charge in [0.05, 0.1) is 0 Å². The van der Waals surface area contributed by atoms with Gasteiger partial charge < -0.3 is 4.42 Å². The first-order valence-corrected chi connectivity index (χ1v) is 8.54. The molecule has 27 heavy (non-hydrogen) atoms. The number of ketones is 1. The third-order valence-electron chi connectivity index (χ3n) is 3.81. The van der Waals surface area contributed by atoms with E-state index in [9.17, 15) is 9.59 Å². The molecule has 0 radical (unpaired) electrons. The quantitative estimate of drug-likeness (QED) is 0.282. The third kappa shape index (κ3) is 5.38. The Morgan fingerprint density at radius 3 is 2.07 bits per heavy atom. The smallest absolute Gasteiger partial charge is 0.336 e. The highest BCUT2D eigenvalue weighted by Crippen LogP contribution is 2.09. The highest BCUT2D eigenvalue weighted by atomic mass is 16.4. The van der Waals surface area contributed by atoms with Crippen LogP contribution in [0, 0.1) is 0 Å². The standard InChI is InChI=1S/C15H12O.C9H6O2/c16-15(14-9-5-2-6-10-14)12-11-13-7-3-1-4-8-13;10-9-6-5-7-3-1-2-4-8(7)11-9/h1-12H;1-6H/b12-11+;. The minimum Gasteiger partial charge on any atom is -0.423 e. The normalized spacial score (nSPS) is 10.4. The number of hydrogen-bond donors (Lipinski definition) is 0. The Hall–Kier alpha value is -3.72. The van der Waals surface area contributed by atoms with Gasteiger partial charge in [0, 0.05) is 17.0 Å². The first-order chi connectivity index (χ1) is 13.2. The summed E-state index contributed by atoms with van der Waals surface area (Å²) in [5.74, 6) is 0.0319. The molecule has 1 aromatic heterocycles. The summed E-state index contributed by atoms with van der Waals surface area (Å²) >= 11 is 0. The Labute approximate surface area is 157 Å². The molecule has 3 aromatic carbocycles. The number of carbonyl (C=O) groups is 1. The topological polar surface area (TPSA) is 47.3 Å². The highest BCUT2D eigenvalue weighted by molar-refractivity contribution is 6.06. The number of allylic oxidation sites excluding steroid dienone is 1. The fourth-order valence-electron chi connectivity index (χ4n) is 2.45. The van der Waals surface area contributed by atoms with Crippen molar-refractivity contribution < 1.29 is 9.21 Å². The van der Waals surface area contributed by atoms with Gasteiger partial charge in [0.1, 0.15) is 5.58 Å². The second-order valence-electron chi connectivity index (χ2n) is 5.77. The van der Waals surface area contributed by atoms with Crippen LogP contribution in [0.2, 0.25) is 0 Å². The second-order valence-corrected chi connectivity index (χ2v) is 5.77. The van der Waals surface area contributed by atoms with E-state index in [0.717, 1.165) is 16.5 Å². The molecule has 0 bridgehead atoms. The van der Waals surface area contributed by atoms with E-state index in [1.165, 1.54) is 6.07 Å². The lowest BCUT2D eigenvalue weighted by Gasteiger charge is -1.94. The molecular weight excluding hydrogens is 336 g/mol. The molecule has 0 aliphatic carbocycles. The van der Waals surface area contributed by atoms with Gasteiger partial charge in [-0.15, -0.1) is 0 Å². The molecule has 3 heteroatoms. The van der Waals surface area contributed by atoms with Gasteiger partial charge >= 0.3 is 5.63 Å². The fraction of sp³-hybridized carbons (Fsp3) is 0. The third-order valence-corrected chi connectivity index (χ3v) is 3.81. The van der Waals surface area contributed by atoms with Crippen molar-refractivity contribution in [2.45, 2.75) is 0 Å². The number of benzene rings is 3. The number of fused-ring (bicyclic) bond motifs is 1. The van der Waals surface area contributed by atoms with Crippen molar-refractivity contribution in [2.75, 3.05) is 0 Å². The molecule has 1 heterocycles. The first kappa shape index (κ1) is 18.1. The van der Waals surface area contributed by atoms with Gasteiger partial charge in [0.25, 0.3) is 0 Å². The minimum absolute atomic E-state index is 0.0319. The molecule has 0 aliphatic rings. The Morgan fingerprint density at radius 1 is 0.704 bits per heavy atom. The molecule has 0 aliphatic heterocycles. The monoisotopic (exact) mass is 354 g/mol. The van der Waals surface area contributed by atoms with Crippen molar-refractivity contribution >= 4 is 22.8 Å². The zero-order valence-electron chi connectivity index (χ0n) is 14.6. The van der Waals surface area contributed by atoms with Gasteiger partial charge in [-0.3, -0.25) is 4.79 Å². The predicted molar refractivity (Wildman–Crippen MR) is 109 cm³/mol. The van der Waals surface area contributed by atoms with Crippen molar-refractivity contribution in [1.82, 2.24) is 0 Å². The summed E-state index contributed by atoms with van der Waals surface area (Å²) in [5, 5.41) is 0.951. The lowest BCUT2D eigenvalue weighted by Crippen LogP contribution is -1.93. The maximum atomic E-state index is 11.7. The van der Waals surface area contributed by atoms with Gasteiger partial charge in [-0.2, -0.15) is 0 Å². The summed E-state index contributed by atoms with van der Waals surface area (Å²) in [6.07, 6.45) is 3.43. The first-order valence-electron chi connectivity index (χ1n) is 8.54. The Bertz CT molecular complexity index is 1090. The lowest BCUT2D eigenvalue weighted by molar-refractivity contribution is 0.104. The molecular formula is C24H18O3. The molecule has 0 saturated carbocycles. The average Bonchev–Trinajstić information content (AvgIpc) is 2.74. The van der Waals surface area contributed by atoms with Crippen molar-refractivity contribution in [3.63, 3.8) is 0 Å². The van der Waals surface area contributed by atoms with Crippen LogP contribution < -0.4 is 5.63 Å². The fourth-order valence-corrected chi connectivity index (χ4v) is 2.45. The van der Waals surface area contributed by atoms with E-state index in [0.29, 0.717) is 5.58 Å². The van der Waals surface area contributed by atoms with Gasteiger partial charge in [-0.05, 0) is 23.8 Å². The van der Waals surface area contributed by atoms with Crippen LogP contribution in [-0.2, 0) is 0 Å². The van der Waals surface area contributed by atoms with Crippen LogP contribution in [0.25, 0.3) is 17.0 Å². The summed E-state index contributed by atoms with van der Waals surface area (Å²) in [4.78, 5) is 22.4. The molecule has 0 amide bonds. The van der Waals surface area contributed by atoms with Gasteiger partial charge in [0.2, 0.25) is 0 Å². The molecule has 0 spiro atoms. The minimum atomic E-state index is -0.302. The van der Waals surface area contributed by atoms with Crippen LogP contribution in [0.5, 0.6) is 0 Å². The van der Waals surface area contributed by atoms with Crippen LogP contribution in [0.4, 0.5) is 0 Å². The van der Waals surface area contributed by atoms with Gasteiger partial charge in [-0.1, -0.05) is 84.9 Å². The van der Waals surface area contributed by atoms with Gasteiger partial charge in [-0.25, -0.2) is 4.79 Å². The Morgan fingerprint density at radius 2 is 1.33 bits per heavy atom. The molecule has 4 aromatic rings. The SMILES string of the molecule is O=C(/C=C/c1ccccc1)c1ccccc1.O=c1ccc2ccccc2o1. The molecule has 3 nitrogen and oxygen atoms in total. The maximum Gasteiger partial charge on any atom is 0.336 e. The number of rotatable bonds is 3. The van der Waals surface area contributed by atoms with Crippen LogP contribution in [-0.4, -0.2) is 5.78 Å². The number of para-hydroxylation sites is 1. The van der Waals surface area contributed by atoms with Crippen molar-refractivity contribution in [3.05, 3.63) is 125 Å². The summed E-state index contributed by atoms with van der Waals surface area (Å²) in [7, 11) is 0. The molecule has 132 valence electrons. The lowest BCUT2D eigenvalue weighted by atomic mass is 10.1. The largest absolute Gasteiger partial charge is 0.423 e. The summed E-state index contributed by atoms with van der Waals surface area (Å²) in [5.41, 5.74) is 2.09. The maximum absolute atomic E-state index is 11.7. The van der Waals surface area contributed by atoms with E-state index in [1.54, 1.807) is 18.2 Å². The average molecular weight is 354 g/mol. The van der Waals surface area contributed by atoms with Crippen molar-refractivity contribution in [2.24, 2.45) is 0 Å². The molecule has 0 atom stereocenters. The van der Waals surface area contributed by atoms with E-state index in [4.69, 9.17) is 4.42 Å². The summed E-state index contributed by atoms with van der Waals surface area (Å²) in [6, 6.07) is 29.6. The zero-order chi connectivity index (χ0) is 18.9. The summed E-state index contributed by atoms with van der Waals surface area (Å²) in [6.45, 7) is 0. The van der Waals surface area contributed by atoms with E-state index in [1.807, 2.05) is 84.9 Å². The van der Waals surface area contributed by atoms with Crippen molar-refractivity contribution in [3.8, 4) is 0 Å². The highest BCUT2D eigenvalue weighted by Gasteiger charge is 1.98. The molecule has 0 unspecified atom stereocenters. The second kappa shape index (κ2) is 9.11. The molecule has 0 fully saturated rings. The Balaban J connectivity index is 0.000000166. The molecule has 4 rings (SSSR count). The van der Waals surface area contributed by atoms with E-state index < -0.39 is 0 Å². The van der Waals surface area contributed by atoms with Crippen molar-refractivity contribution in [1.29, 1.82) is 0 Å². The van der Waals surface area contributed by atoms with Crippen LogP contribution in [0.3, 0.4) is 0 Å². The van der Waals surface area contributed by atoms with E-state index in [2.05, 4.69) is 0 Å². The van der Waals surface area contributed by atoms with E-state index >= 15 is 0 Å².